The van der Waals surface area contributed by atoms with Gasteiger partial charge in [0.25, 0.3) is 5.56 Å². The molecule has 0 amide bonds. The van der Waals surface area contributed by atoms with Crippen molar-refractivity contribution in [1.82, 2.24) is 14.7 Å². The van der Waals surface area contributed by atoms with E-state index in [1.807, 2.05) is 49.0 Å². The summed E-state index contributed by atoms with van der Waals surface area (Å²) in [5.74, 6) is 0. The summed E-state index contributed by atoms with van der Waals surface area (Å²) in [6, 6.07) is 9.54. The normalized spacial score (nSPS) is 17.0. The van der Waals surface area contributed by atoms with Crippen LogP contribution in [-0.4, -0.2) is 33.7 Å². The summed E-state index contributed by atoms with van der Waals surface area (Å²) < 4.78 is 9.01. The summed E-state index contributed by atoms with van der Waals surface area (Å²) in [5.41, 5.74) is 2.01. The van der Waals surface area contributed by atoms with Crippen LogP contribution in [0.1, 0.15) is 18.5 Å². The maximum Gasteiger partial charge on any atom is 0.295 e. The number of hydrogen-bond acceptors (Lipinski definition) is 3. The molecule has 1 atom stereocenters. The number of para-hydroxylation sites is 1. The van der Waals surface area contributed by atoms with Crippen LogP contribution in [0.5, 0.6) is 0 Å². The minimum atomic E-state index is -0.123. The summed E-state index contributed by atoms with van der Waals surface area (Å²) in [7, 11) is 1.86. The van der Waals surface area contributed by atoms with Gasteiger partial charge in [-0.05, 0) is 44.1 Å². The van der Waals surface area contributed by atoms with Crippen LogP contribution in [0.25, 0.3) is 5.69 Å². The van der Waals surface area contributed by atoms with E-state index in [0.717, 1.165) is 30.8 Å². The third-order valence-corrected chi connectivity index (χ3v) is 4.55. The lowest BCUT2D eigenvalue weighted by atomic mass is 10.2. The number of aromatic nitrogens is 2. The molecule has 7 heteroatoms. The van der Waals surface area contributed by atoms with E-state index in [4.69, 9.17) is 17.0 Å². The molecular formula is C17H22N4O2S. The molecule has 0 aliphatic carbocycles. The van der Waals surface area contributed by atoms with Gasteiger partial charge in [0, 0.05) is 20.2 Å². The molecule has 1 aliphatic heterocycles. The van der Waals surface area contributed by atoms with Gasteiger partial charge in [0.05, 0.1) is 17.5 Å². The second-order valence-corrected chi connectivity index (χ2v) is 6.31. The summed E-state index contributed by atoms with van der Waals surface area (Å²) in [4.78, 5) is 12.8. The first-order valence-electron chi connectivity index (χ1n) is 8.08. The molecule has 2 heterocycles. The van der Waals surface area contributed by atoms with Crippen molar-refractivity contribution >= 4 is 23.0 Å². The molecule has 1 aromatic heterocycles. The van der Waals surface area contributed by atoms with Crippen molar-refractivity contribution in [2.75, 3.05) is 18.5 Å². The van der Waals surface area contributed by atoms with E-state index in [1.54, 1.807) is 4.68 Å². The fourth-order valence-electron chi connectivity index (χ4n) is 2.88. The quantitative estimate of drug-likeness (QED) is 0.829. The molecular weight excluding hydrogens is 324 g/mol. The molecule has 1 fully saturated rings. The molecule has 1 aliphatic rings. The molecule has 0 saturated carbocycles. The molecule has 1 aromatic carbocycles. The van der Waals surface area contributed by atoms with Gasteiger partial charge in [-0.15, -0.1) is 0 Å². The molecule has 0 spiro atoms. The highest BCUT2D eigenvalue weighted by atomic mass is 32.1. The lowest BCUT2D eigenvalue weighted by Gasteiger charge is -2.13. The standard InChI is InChI=1S/C17H22N4O2S/c1-12-15(19-17(24)18-11-14-9-6-10-23-14)16(22)21(20(12)2)13-7-4-3-5-8-13/h3-5,7-8,14H,6,9-11H2,1-2H3,(H2,18,19,24)/t14-/m0/s1. The predicted octanol–water partition coefficient (Wildman–Crippen LogP) is 1.95. The van der Waals surface area contributed by atoms with Gasteiger partial charge in [0.15, 0.2) is 5.11 Å². The highest BCUT2D eigenvalue weighted by molar-refractivity contribution is 7.80. The molecule has 1 saturated heterocycles. The largest absolute Gasteiger partial charge is 0.376 e. The van der Waals surface area contributed by atoms with Gasteiger partial charge in [-0.25, -0.2) is 4.68 Å². The van der Waals surface area contributed by atoms with E-state index in [-0.39, 0.29) is 11.7 Å². The van der Waals surface area contributed by atoms with E-state index >= 15 is 0 Å². The van der Waals surface area contributed by atoms with E-state index in [0.29, 0.717) is 17.3 Å². The van der Waals surface area contributed by atoms with E-state index in [2.05, 4.69) is 10.6 Å². The minimum absolute atomic E-state index is 0.123. The Morgan fingerprint density at radius 3 is 2.79 bits per heavy atom. The zero-order valence-electron chi connectivity index (χ0n) is 13.9. The second-order valence-electron chi connectivity index (χ2n) is 5.91. The Morgan fingerprint density at radius 2 is 2.12 bits per heavy atom. The number of ether oxygens (including phenoxy) is 1. The SMILES string of the molecule is Cc1c(NC(=S)NC[C@@H]2CCCO2)c(=O)n(-c2ccccc2)n1C. The Hall–Kier alpha value is -2.12. The van der Waals surface area contributed by atoms with Gasteiger partial charge < -0.3 is 15.4 Å². The maximum absolute atomic E-state index is 12.8. The van der Waals surface area contributed by atoms with Gasteiger partial charge in [-0.2, -0.15) is 0 Å². The summed E-state index contributed by atoms with van der Waals surface area (Å²) in [6.45, 7) is 3.36. The average molecular weight is 346 g/mol. The number of hydrogen-bond donors (Lipinski definition) is 2. The van der Waals surface area contributed by atoms with E-state index < -0.39 is 0 Å². The van der Waals surface area contributed by atoms with Gasteiger partial charge in [0.2, 0.25) is 0 Å². The van der Waals surface area contributed by atoms with Gasteiger partial charge >= 0.3 is 0 Å². The van der Waals surface area contributed by atoms with Crippen molar-refractivity contribution in [1.29, 1.82) is 0 Å². The number of thiocarbonyl (C=S) groups is 1. The molecule has 2 N–H and O–H groups in total. The highest BCUT2D eigenvalue weighted by Crippen LogP contribution is 2.14. The molecule has 2 aromatic rings. The molecule has 24 heavy (non-hydrogen) atoms. The Balaban J connectivity index is 1.76. The number of anilines is 1. The lowest BCUT2D eigenvalue weighted by molar-refractivity contribution is 0.114. The van der Waals surface area contributed by atoms with Crippen LogP contribution in [0, 0.1) is 6.92 Å². The fourth-order valence-corrected chi connectivity index (χ4v) is 3.07. The Kier molecular flexibility index (Phi) is 5.01. The van der Waals surface area contributed by atoms with Crippen LogP contribution in [-0.2, 0) is 11.8 Å². The van der Waals surface area contributed by atoms with Crippen LogP contribution >= 0.6 is 12.2 Å². The van der Waals surface area contributed by atoms with Crippen molar-refractivity contribution in [3.8, 4) is 5.69 Å². The molecule has 3 rings (SSSR count). The maximum atomic E-state index is 12.8. The zero-order valence-corrected chi connectivity index (χ0v) is 14.7. The third kappa shape index (κ3) is 3.37. The van der Waals surface area contributed by atoms with Gasteiger partial charge in [-0.1, -0.05) is 18.2 Å². The molecule has 0 unspecified atom stereocenters. The first-order chi connectivity index (χ1) is 11.6. The molecule has 128 valence electrons. The van der Waals surface area contributed by atoms with Crippen LogP contribution in [0.2, 0.25) is 0 Å². The monoisotopic (exact) mass is 346 g/mol. The minimum Gasteiger partial charge on any atom is -0.376 e. The number of nitrogens with zero attached hydrogens (tertiary/aromatic N) is 2. The number of benzene rings is 1. The first kappa shape index (κ1) is 16.7. The van der Waals surface area contributed by atoms with Crippen molar-refractivity contribution in [3.63, 3.8) is 0 Å². The summed E-state index contributed by atoms with van der Waals surface area (Å²) >= 11 is 5.32. The van der Waals surface area contributed by atoms with Crippen molar-refractivity contribution in [2.24, 2.45) is 7.05 Å². The van der Waals surface area contributed by atoms with Crippen molar-refractivity contribution < 1.29 is 4.74 Å². The lowest BCUT2D eigenvalue weighted by Crippen LogP contribution is -2.36. The molecule has 0 radical (unpaired) electrons. The van der Waals surface area contributed by atoms with E-state index in [1.165, 1.54) is 0 Å². The van der Waals surface area contributed by atoms with E-state index in [9.17, 15) is 4.79 Å². The Bertz CT molecular complexity index is 776. The summed E-state index contributed by atoms with van der Waals surface area (Å²) in [5, 5.41) is 6.62. The Labute approximate surface area is 146 Å². The van der Waals surface area contributed by atoms with Crippen LogP contribution in [0.3, 0.4) is 0 Å². The second kappa shape index (κ2) is 7.19. The smallest absolute Gasteiger partial charge is 0.295 e. The zero-order chi connectivity index (χ0) is 17.1. The van der Waals surface area contributed by atoms with Crippen LogP contribution in [0.4, 0.5) is 5.69 Å². The number of rotatable bonds is 4. The average Bonchev–Trinajstić information content (AvgIpc) is 3.17. The van der Waals surface area contributed by atoms with Gasteiger partial charge in [-0.3, -0.25) is 9.48 Å². The first-order valence-corrected chi connectivity index (χ1v) is 8.49. The third-order valence-electron chi connectivity index (χ3n) is 4.31. The Morgan fingerprint density at radius 1 is 1.38 bits per heavy atom. The van der Waals surface area contributed by atoms with Crippen LogP contribution < -0.4 is 16.2 Å². The van der Waals surface area contributed by atoms with Crippen molar-refractivity contribution in [3.05, 3.63) is 46.4 Å². The van der Waals surface area contributed by atoms with Crippen LogP contribution in [0.15, 0.2) is 35.1 Å². The number of nitrogens with one attached hydrogen (secondary N) is 2. The van der Waals surface area contributed by atoms with Gasteiger partial charge in [0.1, 0.15) is 5.69 Å². The fraction of sp³-hybridized carbons (Fsp3) is 0.412. The van der Waals surface area contributed by atoms with Crippen molar-refractivity contribution in [2.45, 2.75) is 25.9 Å². The molecule has 6 nitrogen and oxygen atoms in total. The topological polar surface area (TPSA) is 60.2 Å². The summed E-state index contributed by atoms with van der Waals surface area (Å²) in [6.07, 6.45) is 2.33. The highest BCUT2D eigenvalue weighted by Gasteiger charge is 2.18. The predicted molar refractivity (Wildman–Crippen MR) is 98.9 cm³/mol. The molecule has 0 bridgehead atoms.